The molecular weight excluding hydrogens is 337 g/mol. The summed E-state index contributed by atoms with van der Waals surface area (Å²) in [6, 6.07) is 4.95. The molecule has 2 atom stereocenters. The van der Waals surface area contributed by atoms with E-state index in [2.05, 4.69) is 15.5 Å². The summed E-state index contributed by atoms with van der Waals surface area (Å²) in [6.07, 6.45) is 0. The molecule has 1 saturated heterocycles. The Hall–Kier alpha value is -1.99. The van der Waals surface area contributed by atoms with Gasteiger partial charge in [0.05, 0.1) is 18.8 Å². The predicted octanol–water partition coefficient (Wildman–Crippen LogP) is 1.42. The van der Waals surface area contributed by atoms with Gasteiger partial charge in [0.25, 0.3) is 5.91 Å². The molecule has 0 aromatic heterocycles. The first-order valence-corrected chi connectivity index (χ1v) is 9.04. The molecule has 1 heterocycles. The number of carbonyl (C=O) groups excluding carboxylic acids is 2. The zero-order chi connectivity index (χ0) is 19.1. The third-order valence-corrected chi connectivity index (χ3v) is 4.38. The van der Waals surface area contributed by atoms with Crippen molar-refractivity contribution in [3.05, 3.63) is 35.6 Å². The maximum atomic E-state index is 13.8. The van der Waals surface area contributed by atoms with Crippen molar-refractivity contribution in [1.29, 1.82) is 0 Å². The summed E-state index contributed by atoms with van der Waals surface area (Å²) >= 11 is 0. The standard InChI is InChI=1S/C19H28FN3O3/c1-13(2)17(22-18(24)15-6-4-5-7-16(15)20)19(25)21-14(3)12-23-8-10-26-11-9-23/h4-7,13-14,17H,8-12H2,1-3H3,(H,21,25)(H,22,24). The number of benzene rings is 1. The Morgan fingerprint density at radius 2 is 1.81 bits per heavy atom. The Bertz CT molecular complexity index is 618. The van der Waals surface area contributed by atoms with Gasteiger partial charge in [0.2, 0.25) is 5.91 Å². The van der Waals surface area contributed by atoms with Crippen LogP contribution in [-0.4, -0.2) is 61.6 Å². The van der Waals surface area contributed by atoms with Gasteiger partial charge < -0.3 is 15.4 Å². The number of hydrogen-bond donors (Lipinski definition) is 2. The van der Waals surface area contributed by atoms with Crippen LogP contribution in [-0.2, 0) is 9.53 Å². The maximum Gasteiger partial charge on any atom is 0.254 e. The Morgan fingerprint density at radius 3 is 2.42 bits per heavy atom. The van der Waals surface area contributed by atoms with Gasteiger partial charge in [-0.3, -0.25) is 14.5 Å². The highest BCUT2D eigenvalue weighted by molar-refractivity contribution is 5.97. The Labute approximate surface area is 154 Å². The molecule has 0 bridgehead atoms. The van der Waals surface area contributed by atoms with Gasteiger partial charge in [0.1, 0.15) is 11.9 Å². The zero-order valence-corrected chi connectivity index (χ0v) is 15.6. The van der Waals surface area contributed by atoms with E-state index in [0.717, 1.165) is 19.6 Å². The molecule has 2 rings (SSSR count). The molecule has 1 aliphatic rings. The van der Waals surface area contributed by atoms with Crippen LogP contribution in [0.15, 0.2) is 24.3 Å². The number of ether oxygens (including phenoxy) is 1. The molecule has 0 aliphatic carbocycles. The van der Waals surface area contributed by atoms with Gasteiger partial charge in [0.15, 0.2) is 0 Å². The van der Waals surface area contributed by atoms with E-state index in [1.807, 2.05) is 20.8 Å². The maximum absolute atomic E-state index is 13.8. The number of nitrogens with zero attached hydrogens (tertiary/aromatic N) is 1. The van der Waals surface area contributed by atoms with Crippen LogP contribution >= 0.6 is 0 Å². The topological polar surface area (TPSA) is 70.7 Å². The molecule has 0 spiro atoms. The summed E-state index contributed by atoms with van der Waals surface area (Å²) in [4.78, 5) is 27.2. The molecule has 2 N–H and O–H groups in total. The zero-order valence-electron chi connectivity index (χ0n) is 15.6. The molecule has 1 fully saturated rings. The first-order chi connectivity index (χ1) is 12.4. The van der Waals surface area contributed by atoms with Crippen LogP contribution in [0, 0.1) is 11.7 Å². The van der Waals surface area contributed by atoms with Crippen LogP contribution < -0.4 is 10.6 Å². The number of nitrogens with one attached hydrogen (secondary N) is 2. The minimum atomic E-state index is -0.728. The van der Waals surface area contributed by atoms with Gasteiger partial charge in [0, 0.05) is 25.7 Å². The van der Waals surface area contributed by atoms with Crippen molar-refractivity contribution >= 4 is 11.8 Å². The second-order valence-corrected chi connectivity index (χ2v) is 7.00. The summed E-state index contributed by atoms with van der Waals surface area (Å²) in [5, 5.41) is 5.61. The minimum absolute atomic E-state index is 0.0627. The second kappa shape index (κ2) is 9.64. The van der Waals surface area contributed by atoms with Crippen LogP contribution in [0.25, 0.3) is 0 Å². The number of halogens is 1. The molecule has 0 radical (unpaired) electrons. The van der Waals surface area contributed by atoms with Crippen LogP contribution in [0.3, 0.4) is 0 Å². The van der Waals surface area contributed by atoms with Crippen molar-refractivity contribution in [1.82, 2.24) is 15.5 Å². The molecular formula is C19H28FN3O3. The molecule has 1 aromatic carbocycles. The van der Waals surface area contributed by atoms with Crippen LogP contribution in [0.2, 0.25) is 0 Å². The smallest absolute Gasteiger partial charge is 0.254 e. The summed E-state index contributed by atoms with van der Waals surface area (Å²) in [6.45, 7) is 9.44. The quantitative estimate of drug-likeness (QED) is 0.767. The van der Waals surface area contributed by atoms with E-state index in [1.54, 1.807) is 6.07 Å². The largest absolute Gasteiger partial charge is 0.379 e. The molecule has 1 aromatic rings. The summed E-state index contributed by atoms with van der Waals surface area (Å²) < 4.78 is 19.1. The number of carbonyl (C=O) groups is 2. The van der Waals surface area contributed by atoms with Gasteiger partial charge in [-0.15, -0.1) is 0 Å². The van der Waals surface area contributed by atoms with E-state index in [1.165, 1.54) is 18.2 Å². The average Bonchev–Trinajstić information content (AvgIpc) is 2.60. The van der Waals surface area contributed by atoms with E-state index in [0.29, 0.717) is 13.2 Å². The lowest BCUT2D eigenvalue weighted by Crippen LogP contribution is -2.54. The Kier molecular flexibility index (Phi) is 7.53. The predicted molar refractivity (Wildman–Crippen MR) is 97.4 cm³/mol. The van der Waals surface area contributed by atoms with Gasteiger partial charge in [-0.2, -0.15) is 0 Å². The molecule has 26 heavy (non-hydrogen) atoms. The molecule has 0 saturated carbocycles. The van der Waals surface area contributed by atoms with Crippen LogP contribution in [0.1, 0.15) is 31.1 Å². The fraction of sp³-hybridized carbons (Fsp3) is 0.579. The van der Waals surface area contributed by atoms with Crippen LogP contribution in [0.4, 0.5) is 4.39 Å². The fourth-order valence-corrected chi connectivity index (χ4v) is 2.95. The highest BCUT2D eigenvalue weighted by atomic mass is 19.1. The first kappa shape index (κ1) is 20.3. The van der Waals surface area contributed by atoms with Crippen molar-refractivity contribution in [2.75, 3.05) is 32.8 Å². The fourth-order valence-electron chi connectivity index (χ4n) is 2.95. The highest BCUT2D eigenvalue weighted by Crippen LogP contribution is 2.09. The van der Waals surface area contributed by atoms with Crippen LogP contribution in [0.5, 0.6) is 0 Å². The summed E-state index contributed by atoms with van der Waals surface area (Å²) in [5.41, 5.74) is -0.0627. The second-order valence-electron chi connectivity index (χ2n) is 7.00. The molecule has 2 unspecified atom stereocenters. The van der Waals surface area contributed by atoms with Gasteiger partial charge in [-0.05, 0) is 25.0 Å². The van der Waals surface area contributed by atoms with Crippen molar-refractivity contribution in [2.24, 2.45) is 5.92 Å². The van der Waals surface area contributed by atoms with Gasteiger partial charge in [-0.25, -0.2) is 4.39 Å². The van der Waals surface area contributed by atoms with E-state index in [4.69, 9.17) is 4.74 Å². The van der Waals surface area contributed by atoms with E-state index in [9.17, 15) is 14.0 Å². The molecule has 144 valence electrons. The van der Waals surface area contributed by atoms with E-state index < -0.39 is 17.8 Å². The monoisotopic (exact) mass is 365 g/mol. The molecule has 2 amide bonds. The Balaban J connectivity index is 1.94. The Morgan fingerprint density at radius 1 is 1.15 bits per heavy atom. The number of amides is 2. The lowest BCUT2D eigenvalue weighted by molar-refractivity contribution is -0.124. The summed E-state index contributed by atoms with van der Waals surface area (Å²) in [5.74, 6) is -1.57. The van der Waals surface area contributed by atoms with Gasteiger partial charge in [-0.1, -0.05) is 26.0 Å². The first-order valence-electron chi connectivity index (χ1n) is 9.04. The third kappa shape index (κ3) is 5.78. The average molecular weight is 365 g/mol. The van der Waals surface area contributed by atoms with Gasteiger partial charge >= 0.3 is 0 Å². The lowest BCUT2D eigenvalue weighted by atomic mass is 10.0. The number of hydrogen-bond acceptors (Lipinski definition) is 4. The molecule has 1 aliphatic heterocycles. The van der Waals surface area contributed by atoms with Crippen molar-refractivity contribution < 1.29 is 18.7 Å². The normalized spacial score (nSPS) is 17.6. The van der Waals surface area contributed by atoms with E-state index >= 15 is 0 Å². The molecule has 6 nitrogen and oxygen atoms in total. The SMILES string of the molecule is CC(CN1CCOCC1)NC(=O)C(NC(=O)c1ccccc1F)C(C)C. The van der Waals surface area contributed by atoms with Crippen molar-refractivity contribution in [3.8, 4) is 0 Å². The van der Waals surface area contributed by atoms with Crippen molar-refractivity contribution in [2.45, 2.75) is 32.9 Å². The van der Waals surface area contributed by atoms with Crippen molar-refractivity contribution in [3.63, 3.8) is 0 Å². The number of morpholine rings is 1. The third-order valence-electron chi connectivity index (χ3n) is 4.38. The summed E-state index contributed by atoms with van der Waals surface area (Å²) in [7, 11) is 0. The highest BCUT2D eigenvalue weighted by Gasteiger charge is 2.27. The molecule has 7 heteroatoms. The lowest BCUT2D eigenvalue weighted by Gasteiger charge is -2.30. The number of rotatable bonds is 7. The van der Waals surface area contributed by atoms with E-state index in [-0.39, 0.29) is 23.4 Å². The minimum Gasteiger partial charge on any atom is -0.379 e.